The van der Waals surface area contributed by atoms with E-state index in [0.717, 1.165) is 22.4 Å². The molecule has 0 unspecified atom stereocenters. The first-order valence-corrected chi connectivity index (χ1v) is 12.1. The second-order valence-corrected chi connectivity index (χ2v) is 9.83. The topological polar surface area (TPSA) is 104 Å². The van der Waals surface area contributed by atoms with Gasteiger partial charge in [-0.3, -0.25) is 19.9 Å². The van der Waals surface area contributed by atoms with Gasteiger partial charge >= 0.3 is 5.69 Å². The number of pyridine rings is 1. The normalized spacial score (nSPS) is 13.4. The van der Waals surface area contributed by atoms with E-state index in [-0.39, 0.29) is 29.6 Å². The van der Waals surface area contributed by atoms with E-state index >= 15 is 0 Å². The minimum absolute atomic E-state index is 0.0263. The van der Waals surface area contributed by atoms with Gasteiger partial charge in [0.2, 0.25) is 0 Å². The average Bonchev–Trinajstić information content (AvgIpc) is 2.88. The summed E-state index contributed by atoms with van der Waals surface area (Å²) in [6.45, 7) is 7.34. The zero-order valence-electron chi connectivity index (χ0n) is 21.5. The number of benzene rings is 2. The Labute approximate surface area is 216 Å². The van der Waals surface area contributed by atoms with Gasteiger partial charge in [0, 0.05) is 48.2 Å². The number of carbonyl (C=O) groups excluding carboxylic acids is 1. The Kier molecular flexibility index (Phi) is 7.85. The minimum atomic E-state index is -0.526. The van der Waals surface area contributed by atoms with Crippen molar-refractivity contribution in [2.75, 3.05) is 38.6 Å². The van der Waals surface area contributed by atoms with Crippen molar-refractivity contribution in [1.29, 1.82) is 0 Å². The Morgan fingerprint density at radius 3 is 2.51 bits per heavy atom. The summed E-state index contributed by atoms with van der Waals surface area (Å²) in [6, 6.07) is 14.4. The molecule has 0 aliphatic carbocycles. The molecule has 0 bridgehead atoms. The average molecular weight is 506 g/mol. The Hall–Kier alpha value is -3.82. The van der Waals surface area contributed by atoms with Crippen molar-refractivity contribution in [2.45, 2.75) is 32.6 Å². The van der Waals surface area contributed by atoms with E-state index < -0.39 is 4.92 Å². The highest BCUT2D eigenvalue weighted by atomic mass is 16.7. The highest BCUT2D eigenvalue weighted by molar-refractivity contribution is 6.08. The smallest absolute Gasteiger partial charge is 0.313 e. The molecule has 0 radical (unpaired) electrons. The third kappa shape index (κ3) is 5.95. The molecule has 0 saturated carbocycles. The number of anilines is 1. The molecule has 1 aliphatic rings. The number of nitro benzene ring substituents is 1. The number of carbonyl (C=O) groups is 1. The van der Waals surface area contributed by atoms with Crippen molar-refractivity contribution in [1.82, 2.24) is 4.98 Å². The maximum Gasteiger partial charge on any atom is 0.313 e. The van der Waals surface area contributed by atoms with Crippen LogP contribution >= 0.6 is 0 Å². The van der Waals surface area contributed by atoms with Crippen LogP contribution in [-0.2, 0) is 21.3 Å². The first-order valence-electron chi connectivity index (χ1n) is 12.1. The van der Waals surface area contributed by atoms with Gasteiger partial charge < -0.3 is 19.1 Å². The van der Waals surface area contributed by atoms with Crippen LogP contribution in [0.25, 0.3) is 11.1 Å². The first-order chi connectivity index (χ1) is 17.7. The molecule has 3 aromatic rings. The van der Waals surface area contributed by atoms with E-state index in [0.29, 0.717) is 37.4 Å². The van der Waals surface area contributed by atoms with E-state index in [1.165, 1.54) is 12.1 Å². The van der Waals surface area contributed by atoms with E-state index in [1.807, 2.05) is 30.5 Å². The zero-order chi connectivity index (χ0) is 26.6. The van der Waals surface area contributed by atoms with Gasteiger partial charge in [-0.05, 0) is 41.8 Å². The Morgan fingerprint density at radius 1 is 1.05 bits per heavy atom. The molecule has 1 aliphatic heterocycles. The van der Waals surface area contributed by atoms with Crippen molar-refractivity contribution in [3.8, 4) is 16.9 Å². The van der Waals surface area contributed by atoms with Gasteiger partial charge in [0.05, 0.1) is 23.8 Å². The summed E-state index contributed by atoms with van der Waals surface area (Å²) in [6.07, 6.45) is 2.49. The number of nitrogens with zero attached hydrogens (tertiary/aromatic N) is 3. The number of fused-ring (bicyclic) bond motifs is 1. The Morgan fingerprint density at radius 2 is 1.84 bits per heavy atom. The predicted octanol–water partition coefficient (Wildman–Crippen LogP) is 5.16. The van der Waals surface area contributed by atoms with Crippen LogP contribution in [0.3, 0.4) is 0 Å². The highest BCUT2D eigenvalue weighted by Gasteiger charge is 2.28. The maximum absolute atomic E-state index is 13.3. The Bertz CT molecular complexity index is 1280. The van der Waals surface area contributed by atoms with Crippen molar-refractivity contribution in [3.05, 3.63) is 81.7 Å². The lowest BCUT2D eigenvalue weighted by Gasteiger charge is -2.29. The largest absolute Gasteiger partial charge is 0.460 e. The van der Waals surface area contributed by atoms with Crippen molar-refractivity contribution >= 4 is 17.3 Å². The van der Waals surface area contributed by atoms with Crippen molar-refractivity contribution in [2.24, 2.45) is 0 Å². The molecule has 9 nitrogen and oxygen atoms in total. The summed E-state index contributed by atoms with van der Waals surface area (Å²) >= 11 is 0. The fourth-order valence-electron chi connectivity index (χ4n) is 4.17. The summed E-state index contributed by atoms with van der Waals surface area (Å²) in [4.78, 5) is 30.7. The van der Waals surface area contributed by atoms with Crippen LogP contribution in [0.15, 0.2) is 54.7 Å². The SMILES string of the molecule is COCCOCOc1ccc(N2CCc3cc(-c4ccc(C(C)(C)C)nc4)ccc3C2=O)cc1[N+](=O)[O-]. The number of amides is 1. The van der Waals surface area contributed by atoms with Gasteiger partial charge in [0.25, 0.3) is 5.91 Å². The number of ether oxygens (including phenoxy) is 3. The molecule has 2 aromatic carbocycles. The predicted molar refractivity (Wildman–Crippen MR) is 140 cm³/mol. The van der Waals surface area contributed by atoms with Crippen molar-refractivity contribution < 1.29 is 23.9 Å². The monoisotopic (exact) mass is 505 g/mol. The van der Waals surface area contributed by atoms with Gasteiger partial charge in [-0.2, -0.15) is 0 Å². The maximum atomic E-state index is 13.3. The third-order valence-corrected chi connectivity index (χ3v) is 6.23. The van der Waals surface area contributed by atoms with E-state index in [2.05, 4.69) is 31.8 Å². The molecule has 0 fully saturated rings. The van der Waals surface area contributed by atoms with Gasteiger partial charge in [0.1, 0.15) is 0 Å². The quantitative estimate of drug-likeness (QED) is 0.171. The second-order valence-electron chi connectivity index (χ2n) is 9.83. The molecule has 4 rings (SSSR count). The first kappa shape index (κ1) is 26.2. The highest BCUT2D eigenvalue weighted by Crippen LogP contribution is 2.35. The molecule has 2 heterocycles. The minimum Gasteiger partial charge on any atom is -0.460 e. The van der Waals surface area contributed by atoms with Gasteiger partial charge in [-0.25, -0.2) is 0 Å². The number of methoxy groups -OCH3 is 1. The van der Waals surface area contributed by atoms with Crippen molar-refractivity contribution in [3.63, 3.8) is 0 Å². The summed E-state index contributed by atoms with van der Waals surface area (Å²) in [5.41, 5.74) is 4.73. The van der Waals surface area contributed by atoms with Crippen LogP contribution < -0.4 is 9.64 Å². The molecule has 0 atom stereocenters. The number of hydrogen-bond donors (Lipinski definition) is 0. The molecular weight excluding hydrogens is 474 g/mol. The van der Waals surface area contributed by atoms with E-state index in [1.54, 1.807) is 18.1 Å². The van der Waals surface area contributed by atoms with Gasteiger partial charge in [0.15, 0.2) is 12.5 Å². The van der Waals surface area contributed by atoms with Crippen LogP contribution in [0, 0.1) is 10.1 Å². The Balaban J connectivity index is 1.52. The third-order valence-electron chi connectivity index (χ3n) is 6.23. The van der Waals surface area contributed by atoms with Crippen LogP contribution in [0.5, 0.6) is 5.75 Å². The number of rotatable bonds is 9. The molecule has 194 valence electrons. The van der Waals surface area contributed by atoms with Crippen LogP contribution in [0.4, 0.5) is 11.4 Å². The standard InChI is InChI=1S/C28H31N3O6/c1-28(2,3)26-10-6-21(17-29-26)19-5-8-23-20(15-19)11-12-30(27(23)32)22-7-9-25(24(16-22)31(33)34)37-18-36-14-13-35-4/h5-10,15-17H,11-14,18H2,1-4H3. The van der Waals surface area contributed by atoms with Gasteiger partial charge in [-0.15, -0.1) is 0 Å². The van der Waals surface area contributed by atoms with Crippen LogP contribution in [0.2, 0.25) is 0 Å². The second kappa shape index (κ2) is 11.1. The molecular formula is C28H31N3O6. The fourth-order valence-corrected chi connectivity index (χ4v) is 4.17. The van der Waals surface area contributed by atoms with Gasteiger partial charge in [-0.1, -0.05) is 39.0 Å². The number of hydrogen-bond acceptors (Lipinski definition) is 7. The summed E-state index contributed by atoms with van der Waals surface area (Å²) < 4.78 is 15.6. The van der Waals surface area contributed by atoms with E-state index in [9.17, 15) is 14.9 Å². The number of aromatic nitrogens is 1. The lowest BCUT2D eigenvalue weighted by molar-refractivity contribution is -0.386. The summed E-state index contributed by atoms with van der Waals surface area (Å²) in [5, 5.41) is 11.7. The lowest BCUT2D eigenvalue weighted by atomic mass is 9.90. The molecule has 0 N–H and O–H groups in total. The van der Waals surface area contributed by atoms with Crippen LogP contribution in [0.1, 0.15) is 42.4 Å². The molecule has 0 saturated heterocycles. The lowest BCUT2D eigenvalue weighted by Crippen LogP contribution is -2.37. The number of nitro groups is 1. The van der Waals surface area contributed by atoms with Crippen LogP contribution in [-0.4, -0.2) is 49.5 Å². The molecule has 0 spiro atoms. The summed E-state index contributed by atoms with van der Waals surface area (Å²) in [5.74, 6) is -0.119. The zero-order valence-corrected chi connectivity index (χ0v) is 21.5. The molecule has 37 heavy (non-hydrogen) atoms. The summed E-state index contributed by atoms with van der Waals surface area (Å²) in [7, 11) is 1.55. The van der Waals surface area contributed by atoms with E-state index in [4.69, 9.17) is 14.2 Å². The molecule has 1 amide bonds. The molecule has 1 aromatic heterocycles. The fraction of sp³-hybridized carbons (Fsp3) is 0.357. The molecule has 9 heteroatoms.